The molecule has 2 rings (SSSR count). The second-order valence-electron chi connectivity index (χ2n) is 3.89. The van der Waals surface area contributed by atoms with Gasteiger partial charge in [0.15, 0.2) is 0 Å². The zero-order chi connectivity index (χ0) is 14.0. The van der Waals surface area contributed by atoms with Crippen molar-refractivity contribution in [3.63, 3.8) is 0 Å². The third-order valence-corrected chi connectivity index (χ3v) is 4.78. The van der Waals surface area contributed by atoms with Crippen LogP contribution >= 0.6 is 43.5 Å². The van der Waals surface area contributed by atoms with E-state index in [2.05, 4.69) is 31.9 Å². The first-order chi connectivity index (χ1) is 9.04. The molecule has 19 heavy (non-hydrogen) atoms. The number of halogens is 4. The minimum atomic E-state index is -0.303. The number of alkyl halides is 1. The Morgan fingerprint density at radius 3 is 2.63 bits per heavy atom. The molecule has 0 bridgehead atoms. The lowest BCUT2D eigenvalue weighted by Gasteiger charge is -2.16. The summed E-state index contributed by atoms with van der Waals surface area (Å²) in [6, 6.07) is 10.3. The van der Waals surface area contributed by atoms with Crippen molar-refractivity contribution in [1.82, 2.24) is 0 Å². The van der Waals surface area contributed by atoms with Gasteiger partial charge in [0, 0.05) is 10.6 Å². The standard InChI is InChI=1S/C14H10Br2ClFO/c1-19-12-6-5-8(17)7-10(12)13(15)9-3-2-4-11(18)14(9)16/h2-7,13H,1H3. The quantitative estimate of drug-likeness (QED) is 0.589. The van der Waals surface area contributed by atoms with Crippen LogP contribution in [-0.2, 0) is 0 Å². The van der Waals surface area contributed by atoms with Crippen LogP contribution in [0.4, 0.5) is 4.39 Å². The van der Waals surface area contributed by atoms with Gasteiger partial charge in [-0.25, -0.2) is 4.39 Å². The van der Waals surface area contributed by atoms with Crippen LogP contribution in [0.2, 0.25) is 5.02 Å². The first kappa shape index (κ1) is 14.8. The van der Waals surface area contributed by atoms with Gasteiger partial charge in [0.05, 0.1) is 16.4 Å². The monoisotopic (exact) mass is 406 g/mol. The Balaban J connectivity index is 2.52. The van der Waals surface area contributed by atoms with E-state index in [9.17, 15) is 4.39 Å². The summed E-state index contributed by atoms with van der Waals surface area (Å²) in [6.07, 6.45) is 0. The molecule has 5 heteroatoms. The Morgan fingerprint density at radius 1 is 1.21 bits per heavy atom. The van der Waals surface area contributed by atoms with Crippen molar-refractivity contribution in [2.75, 3.05) is 7.11 Å². The fourth-order valence-electron chi connectivity index (χ4n) is 1.79. The van der Waals surface area contributed by atoms with Gasteiger partial charge in [0.2, 0.25) is 0 Å². The molecule has 0 fully saturated rings. The number of hydrogen-bond acceptors (Lipinski definition) is 1. The van der Waals surface area contributed by atoms with Gasteiger partial charge in [-0.15, -0.1) is 0 Å². The van der Waals surface area contributed by atoms with Gasteiger partial charge in [0.25, 0.3) is 0 Å². The van der Waals surface area contributed by atoms with Crippen LogP contribution in [-0.4, -0.2) is 7.11 Å². The second kappa shape index (κ2) is 6.25. The molecule has 100 valence electrons. The van der Waals surface area contributed by atoms with E-state index in [1.807, 2.05) is 6.07 Å². The van der Waals surface area contributed by atoms with Crippen LogP contribution in [0.5, 0.6) is 5.75 Å². The molecule has 0 spiro atoms. The molecule has 0 amide bonds. The molecule has 0 aliphatic heterocycles. The van der Waals surface area contributed by atoms with Gasteiger partial charge in [-0.3, -0.25) is 0 Å². The topological polar surface area (TPSA) is 9.23 Å². The normalized spacial score (nSPS) is 12.3. The molecule has 0 radical (unpaired) electrons. The Morgan fingerprint density at radius 2 is 1.95 bits per heavy atom. The molecule has 2 aromatic carbocycles. The number of rotatable bonds is 3. The maximum Gasteiger partial charge on any atom is 0.137 e. The van der Waals surface area contributed by atoms with Crippen molar-refractivity contribution in [2.24, 2.45) is 0 Å². The van der Waals surface area contributed by atoms with Crippen molar-refractivity contribution in [1.29, 1.82) is 0 Å². The molecule has 0 N–H and O–H groups in total. The highest BCUT2D eigenvalue weighted by Crippen LogP contribution is 2.41. The molecule has 0 aromatic heterocycles. The second-order valence-corrected chi connectivity index (χ2v) is 6.04. The predicted molar refractivity (Wildman–Crippen MR) is 82.9 cm³/mol. The van der Waals surface area contributed by atoms with Gasteiger partial charge in [0.1, 0.15) is 11.6 Å². The molecule has 0 saturated carbocycles. The van der Waals surface area contributed by atoms with Crippen LogP contribution in [0.3, 0.4) is 0 Å². The molecule has 0 heterocycles. The lowest BCUT2D eigenvalue weighted by Crippen LogP contribution is -1.99. The summed E-state index contributed by atoms with van der Waals surface area (Å²) in [6.45, 7) is 0. The molecule has 0 aliphatic rings. The van der Waals surface area contributed by atoms with Crippen molar-refractivity contribution >= 4 is 43.5 Å². The van der Waals surface area contributed by atoms with Crippen LogP contribution in [0.15, 0.2) is 40.9 Å². The van der Waals surface area contributed by atoms with E-state index in [0.29, 0.717) is 15.2 Å². The molecule has 0 saturated heterocycles. The average molecular weight is 408 g/mol. The molecule has 0 aliphatic carbocycles. The maximum atomic E-state index is 13.6. The van der Waals surface area contributed by atoms with Crippen LogP contribution in [0.25, 0.3) is 0 Å². The van der Waals surface area contributed by atoms with E-state index in [1.165, 1.54) is 6.07 Å². The largest absolute Gasteiger partial charge is 0.496 e. The fourth-order valence-corrected chi connectivity index (χ4v) is 3.51. The predicted octanol–water partition coefficient (Wildman–Crippen LogP) is 5.73. The van der Waals surface area contributed by atoms with Gasteiger partial charge in [-0.1, -0.05) is 39.7 Å². The summed E-state index contributed by atoms with van der Waals surface area (Å²) in [4.78, 5) is -0.216. The first-order valence-corrected chi connectivity index (χ1v) is 7.54. The van der Waals surface area contributed by atoms with Crippen LogP contribution in [0.1, 0.15) is 16.0 Å². The van der Waals surface area contributed by atoms with E-state index in [4.69, 9.17) is 16.3 Å². The van der Waals surface area contributed by atoms with E-state index < -0.39 is 0 Å². The van der Waals surface area contributed by atoms with Crippen LogP contribution in [0, 0.1) is 5.82 Å². The highest BCUT2D eigenvalue weighted by atomic mass is 79.9. The van der Waals surface area contributed by atoms with Crippen molar-refractivity contribution in [3.05, 3.63) is 62.8 Å². The van der Waals surface area contributed by atoms with Gasteiger partial charge >= 0.3 is 0 Å². The fraction of sp³-hybridized carbons (Fsp3) is 0.143. The lowest BCUT2D eigenvalue weighted by molar-refractivity contribution is 0.410. The van der Waals surface area contributed by atoms with E-state index in [-0.39, 0.29) is 10.6 Å². The van der Waals surface area contributed by atoms with Gasteiger partial charge in [-0.05, 0) is 45.8 Å². The smallest absolute Gasteiger partial charge is 0.137 e. The van der Waals surface area contributed by atoms with Gasteiger partial charge < -0.3 is 4.74 Å². The Labute approximate surface area is 133 Å². The number of ether oxygens (including phenoxy) is 1. The summed E-state index contributed by atoms with van der Waals surface area (Å²) in [5.41, 5.74) is 1.63. The minimum Gasteiger partial charge on any atom is -0.496 e. The Hall–Kier alpha value is -0.580. The zero-order valence-corrected chi connectivity index (χ0v) is 13.9. The summed E-state index contributed by atoms with van der Waals surface area (Å²) in [5, 5.41) is 0.604. The molecular weight excluding hydrogens is 398 g/mol. The lowest BCUT2D eigenvalue weighted by atomic mass is 10.0. The first-order valence-electron chi connectivity index (χ1n) is 5.46. The number of methoxy groups -OCH3 is 1. The SMILES string of the molecule is COc1ccc(Cl)cc1C(Br)c1cccc(F)c1Br. The van der Waals surface area contributed by atoms with E-state index >= 15 is 0 Å². The minimum absolute atomic E-state index is 0.216. The highest BCUT2D eigenvalue weighted by Gasteiger charge is 2.19. The number of benzene rings is 2. The highest BCUT2D eigenvalue weighted by molar-refractivity contribution is 9.11. The average Bonchev–Trinajstić information content (AvgIpc) is 2.41. The Bertz CT molecular complexity index is 604. The van der Waals surface area contributed by atoms with Crippen molar-refractivity contribution in [2.45, 2.75) is 4.83 Å². The Kier molecular flexibility index (Phi) is 4.87. The van der Waals surface area contributed by atoms with Crippen molar-refractivity contribution < 1.29 is 9.13 Å². The number of hydrogen-bond donors (Lipinski definition) is 0. The molecule has 1 unspecified atom stereocenters. The third-order valence-electron chi connectivity index (χ3n) is 2.72. The molecule has 1 nitrogen and oxygen atoms in total. The molecular formula is C14H10Br2ClFO. The zero-order valence-electron chi connectivity index (χ0n) is 9.96. The molecule has 2 aromatic rings. The summed E-state index contributed by atoms with van der Waals surface area (Å²) < 4.78 is 19.3. The maximum absolute atomic E-state index is 13.6. The van der Waals surface area contributed by atoms with Crippen molar-refractivity contribution in [3.8, 4) is 5.75 Å². The summed E-state index contributed by atoms with van der Waals surface area (Å²) in [5.74, 6) is 0.394. The van der Waals surface area contributed by atoms with Crippen LogP contribution < -0.4 is 4.74 Å². The molecule has 1 atom stereocenters. The van der Waals surface area contributed by atoms with E-state index in [0.717, 1.165) is 11.1 Å². The van der Waals surface area contributed by atoms with E-state index in [1.54, 1.807) is 31.4 Å². The summed E-state index contributed by atoms with van der Waals surface area (Å²) in [7, 11) is 1.59. The third kappa shape index (κ3) is 3.12. The summed E-state index contributed by atoms with van der Waals surface area (Å²) >= 11 is 12.8. The van der Waals surface area contributed by atoms with Gasteiger partial charge in [-0.2, -0.15) is 0 Å².